The third-order valence-electron chi connectivity index (χ3n) is 2.81. The zero-order valence-corrected chi connectivity index (χ0v) is 11.0. The monoisotopic (exact) mass is 292 g/mol. The first-order valence-electron chi connectivity index (χ1n) is 6.06. The van der Waals surface area contributed by atoms with Crippen LogP contribution in [0.4, 0.5) is 10.5 Å². The fourth-order valence-corrected chi connectivity index (χ4v) is 1.70. The van der Waals surface area contributed by atoms with Gasteiger partial charge in [-0.2, -0.15) is 0 Å². The summed E-state index contributed by atoms with van der Waals surface area (Å²) in [6, 6.07) is 5.53. The first-order valence-corrected chi connectivity index (χ1v) is 6.06. The molecule has 0 bridgehead atoms. The minimum Gasteiger partial charge on any atom is -0.428 e. The van der Waals surface area contributed by atoms with Gasteiger partial charge >= 0.3 is 6.16 Å². The smallest absolute Gasteiger partial charge is 0.428 e. The number of benzene rings is 1. The number of hydrogen-bond acceptors (Lipinski definition) is 6. The molecular formula is C13H12N2O6. The third kappa shape index (κ3) is 3.56. The molecule has 21 heavy (non-hydrogen) atoms. The summed E-state index contributed by atoms with van der Waals surface area (Å²) < 4.78 is 4.82. The maximum absolute atomic E-state index is 11.5. The Morgan fingerprint density at radius 2 is 2.00 bits per heavy atom. The highest BCUT2D eigenvalue weighted by atomic mass is 16.8. The number of nitrogens with zero attached hydrogens (tertiary/aromatic N) is 2. The fourth-order valence-electron chi connectivity index (χ4n) is 1.70. The molecule has 0 saturated carbocycles. The highest BCUT2D eigenvalue weighted by molar-refractivity contribution is 5.81. The Balaban J connectivity index is 1.85. The summed E-state index contributed by atoms with van der Waals surface area (Å²) in [4.78, 5) is 37.5. The van der Waals surface area contributed by atoms with Crippen molar-refractivity contribution >= 4 is 17.7 Å². The van der Waals surface area contributed by atoms with Crippen LogP contribution in [0.5, 0.6) is 0 Å². The van der Waals surface area contributed by atoms with Crippen LogP contribution in [0.1, 0.15) is 18.4 Å². The number of non-ortho nitro benzene ring substituents is 1. The molecule has 0 unspecified atom stereocenters. The van der Waals surface area contributed by atoms with Gasteiger partial charge in [-0.05, 0) is 24.1 Å². The van der Waals surface area contributed by atoms with Crippen LogP contribution in [0.2, 0.25) is 0 Å². The summed E-state index contributed by atoms with van der Waals surface area (Å²) in [7, 11) is 0. The van der Waals surface area contributed by atoms with Gasteiger partial charge in [-0.15, -0.1) is 5.06 Å². The van der Waals surface area contributed by atoms with Crippen molar-refractivity contribution in [2.75, 3.05) is 0 Å². The number of rotatable bonds is 4. The summed E-state index contributed by atoms with van der Waals surface area (Å²) in [5.41, 5.74) is 0.900. The maximum Gasteiger partial charge on any atom is 0.534 e. The van der Waals surface area contributed by atoms with Crippen molar-refractivity contribution < 1.29 is 24.1 Å². The molecule has 1 aromatic carbocycles. The largest absolute Gasteiger partial charge is 0.534 e. The number of allylic oxidation sites excluding steroid dienone is 1. The van der Waals surface area contributed by atoms with Crippen molar-refractivity contribution in [1.82, 2.24) is 5.06 Å². The highest BCUT2D eigenvalue weighted by Gasteiger charge is 2.28. The van der Waals surface area contributed by atoms with Crippen LogP contribution in [0.25, 0.3) is 0 Å². The van der Waals surface area contributed by atoms with E-state index in [2.05, 4.69) is 6.58 Å². The number of nitro groups is 1. The van der Waals surface area contributed by atoms with Crippen LogP contribution in [-0.4, -0.2) is 22.0 Å². The van der Waals surface area contributed by atoms with Crippen molar-refractivity contribution in [3.8, 4) is 0 Å². The summed E-state index contributed by atoms with van der Waals surface area (Å²) in [6.45, 7) is 3.47. The van der Waals surface area contributed by atoms with Crippen molar-refractivity contribution in [2.24, 2.45) is 0 Å². The van der Waals surface area contributed by atoms with Gasteiger partial charge < -0.3 is 4.74 Å². The van der Waals surface area contributed by atoms with Crippen LogP contribution in [0, 0.1) is 10.1 Å². The highest BCUT2D eigenvalue weighted by Crippen LogP contribution is 2.21. The van der Waals surface area contributed by atoms with E-state index in [1.807, 2.05) is 0 Å². The average Bonchev–Trinajstić information content (AvgIpc) is 2.77. The lowest BCUT2D eigenvalue weighted by Gasteiger charge is -2.15. The van der Waals surface area contributed by atoms with E-state index >= 15 is 0 Å². The average molecular weight is 292 g/mol. The quantitative estimate of drug-likeness (QED) is 0.479. The lowest BCUT2D eigenvalue weighted by molar-refractivity contribution is -0.384. The zero-order chi connectivity index (χ0) is 15.4. The van der Waals surface area contributed by atoms with Gasteiger partial charge in [0, 0.05) is 18.6 Å². The minimum atomic E-state index is -1.04. The minimum absolute atomic E-state index is 0.0553. The Morgan fingerprint density at radius 1 is 1.33 bits per heavy atom. The third-order valence-corrected chi connectivity index (χ3v) is 2.81. The number of hydrogen-bond donors (Lipinski definition) is 0. The molecular weight excluding hydrogens is 280 g/mol. The molecule has 8 nitrogen and oxygen atoms in total. The Morgan fingerprint density at radius 3 is 2.52 bits per heavy atom. The van der Waals surface area contributed by atoms with Crippen LogP contribution in [0.3, 0.4) is 0 Å². The Bertz CT molecular complexity index is 579. The molecule has 0 aromatic heterocycles. The number of carbonyl (C=O) groups excluding carboxylic acids is 2. The molecule has 1 fully saturated rings. The molecule has 110 valence electrons. The molecule has 1 heterocycles. The molecule has 2 rings (SSSR count). The van der Waals surface area contributed by atoms with Gasteiger partial charge in [0.1, 0.15) is 6.61 Å². The van der Waals surface area contributed by atoms with E-state index in [4.69, 9.17) is 9.57 Å². The van der Waals surface area contributed by atoms with Gasteiger partial charge in [0.05, 0.1) is 10.6 Å². The van der Waals surface area contributed by atoms with Crippen LogP contribution in [-0.2, 0) is 21.0 Å². The van der Waals surface area contributed by atoms with E-state index in [1.165, 1.54) is 24.3 Å². The topological polar surface area (TPSA) is 99.0 Å². The van der Waals surface area contributed by atoms with Crippen molar-refractivity contribution in [3.63, 3.8) is 0 Å². The van der Waals surface area contributed by atoms with E-state index in [9.17, 15) is 19.7 Å². The normalized spacial score (nSPS) is 14.2. The van der Waals surface area contributed by atoms with Crippen LogP contribution < -0.4 is 0 Å². The predicted molar refractivity (Wildman–Crippen MR) is 69.6 cm³/mol. The molecule has 1 aliphatic rings. The number of carbonyl (C=O) groups is 2. The van der Waals surface area contributed by atoms with E-state index in [0.29, 0.717) is 17.7 Å². The van der Waals surface area contributed by atoms with Gasteiger partial charge in [-0.3, -0.25) is 19.7 Å². The van der Waals surface area contributed by atoms with Crippen molar-refractivity contribution in [2.45, 2.75) is 19.4 Å². The van der Waals surface area contributed by atoms with E-state index in [1.54, 1.807) is 0 Å². The summed E-state index contributed by atoms with van der Waals surface area (Å²) in [6.07, 6.45) is -0.354. The molecule has 0 spiro atoms. The molecule has 1 amide bonds. The van der Waals surface area contributed by atoms with Gasteiger partial charge in [-0.1, -0.05) is 6.58 Å². The molecule has 1 saturated heterocycles. The number of ether oxygens (including phenoxy) is 1. The second-order valence-corrected chi connectivity index (χ2v) is 4.31. The first-order chi connectivity index (χ1) is 9.97. The van der Waals surface area contributed by atoms with Crippen molar-refractivity contribution in [3.05, 3.63) is 52.2 Å². The van der Waals surface area contributed by atoms with E-state index in [-0.39, 0.29) is 24.6 Å². The Labute approximate surface area is 119 Å². The van der Waals surface area contributed by atoms with Crippen molar-refractivity contribution in [1.29, 1.82) is 0 Å². The SMILES string of the molecule is C=C1CCC(=O)N1OC(=O)OCc1ccc([N+](=O)[O-])cc1. The standard InChI is InChI=1S/C13H12N2O6/c1-9-2-7-12(16)14(9)21-13(17)20-8-10-3-5-11(6-4-10)15(18)19/h3-6H,1-2,7-8H2. The van der Waals surface area contributed by atoms with E-state index < -0.39 is 11.1 Å². The number of hydroxylamine groups is 2. The van der Waals surface area contributed by atoms with Gasteiger partial charge in [0.25, 0.3) is 11.6 Å². The summed E-state index contributed by atoms with van der Waals surface area (Å²) in [5, 5.41) is 11.3. The van der Waals surface area contributed by atoms with Crippen LogP contribution >= 0.6 is 0 Å². The Hall–Kier alpha value is -2.90. The first kappa shape index (κ1) is 14.5. The molecule has 1 aliphatic heterocycles. The molecule has 0 atom stereocenters. The van der Waals surface area contributed by atoms with Gasteiger partial charge in [0.15, 0.2) is 0 Å². The molecule has 8 heteroatoms. The predicted octanol–water partition coefficient (Wildman–Crippen LogP) is 2.30. The fraction of sp³-hybridized carbons (Fsp3) is 0.231. The van der Waals surface area contributed by atoms with E-state index in [0.717, 1.165) is 5.06 Å². The molecule has 0 radical (unpaired) electrons. The lowest BCUT2D eigenvalue weighted by atomic mass is 10.2. The second kappa shape index (κ2) is 6.04. The molecule has 1 aromatic rings. The lowest BCUT2D eigenvalue weighted by Crippen LogP contribution is -2.27. The molecule has 0 aliphatic carbocycles. The second-order valence-electron chi connectivity index (χ2n) is 4.31. The summed E-state index contributed by atoms with van der Waals surface area (Å²) in [5.74, 6) is -0.354. The molecule has 0 N–H and O–H groups in total. The maximum atomic E-state index is 11.5. The Kier molecular flexibility index (Phi) is 4.17. The van der Waals surface area contributed by atoms with Crippen LogP contribution in [0.15, 0.2) is 36.5 Å². The summed E-state index contributed by atoms with van der Waals surface area (Å²) >= 11 is 0. The zero-order valence-electron chi connectivity index (χ0n) is 11.0. The van der Waals surface area contributed by atoms with Gasteiger partial charge in [-0.25, -0.2) is 4.79 Å². The van der Waals surface area contributed by atoms with Gasteiger partial charge in [0.2, 0.25) is 0 Å². The number of nitro benzene ring substituents is 1. The number of amides is 1.